The lowest BCUT2D eigenvalue weighted by Crippen LogP contribution is -2.20. The molecule has 1 aliphatic rings. The van der Waals surface area contributed by atoms with Crippen molar-refractivity contribution in [3.8, 4) is 0 Å². The van der Waals surface area contributed by atoms with Gasteiger partial charge in [0.05, 0.1) is 0 Å². The van der Waals surface area contributed by atoms with E-state index in [9.17, 15) is 4.79 Å². The summed E-state index contributed by atoms with van der Waals surface area (Å²) in [5.74, 6) is -0.601. The number of carbonyl (C=O) groups is 1. The van der Waals surface area contributed by atoms with E-state index in [-0.39, 0.29) is 10.1 Å². The van der Waals surface area contributed by atoms with E-state index in [1.54, 1.807) is 0 Å². The van der Waals surface area contributed by atoms with Crippen LogP contribution in [0.3, 0.4) is 0 Å². The Labute approximate surface area is 103 Å². The van der Waals surface area contributed by atoms with E-state index in [4.69, 9.17) is 27.9 Å². The number of halogens is 2. The van der Waals surface area contributed by atoms with E-state index in [2.05, 4.69) is 5.32 Å². The van der Waals surface area contributed by atoms with Crippen LogP contribution in [0, 0.1) is 6.92 Å². The lowest BCUT2D eigenvalue weighted by molar-refractivity contribution is -0.138. The van der Waals surface area contributed by atoms with Crippen LogP contribution in [0.5, 0.6) is 0 Å². The average Bonchev–Trinajstić information content (AvgIpc) is 2.50. The highest BCUT2D eigenvalue weighted by Crippen LogP contribution is 2.29. The Bertz CT molecular complexity index is 454. The molecule has 2 rings (SSSR count). The number of ether oxygens (including phenoxy) is 1. The molecular formula is C11H9Cl2NO2. The Kier molecular flexibility index (Phi) is 3.08. The fourth-order valence-electron chi connectivity index (χ4n) is 1.32. The largest absolute Gasteiger partial charge is 0.432 e. The van der Waals surface area contributed by atoms with Crippen molar-refractivity contribution in [1.82, 2.24) is 0 Å². The highest BCUT2D eigenvalue weighted by atomic mass is 35.5. The molecule has 1 heterocycles. The van der Waals surface area contributed by atoms with E-state index in [1.807, 2.05) is 31.2 Å². The van der Waals surface area contributed by atoms with E-state index < -0.39 is 12.2 Å². The Morgan fingerprint density at radius 1 is 1.25 bits per heavy atom. The van der Waals surface area contributed by atoms with E-state index in [0.717, 1.165) is 11.3 Å². The monoisotopic (exact) mass is 257 g/mol. The van der Waals surface area contributed by atoms with Gasteiger partial charge in [-0.2, -0.15) is 0 Å². The zero-order valence-corrected chi connectivity index (χ0v) is 9.97. The second-order valence-electron chi connectivity index (χ2n) is 3.46. The molecule has 0 aliphatic carbocycles. The molecule has 0 bridgehead atoms. The van der Waals surface area contributed by atoms with Crippen LogP contribution < -0.4 is 5.32 Å². The molecule has 0 fully saturated rings. The third kappa shape index (κ3) is 2.15. The Hall–Kier alpha value is -1.19. The number of benzene rings is 1. The number of rotatable bonds is 2. The van der Waals surface area contributed by atoms with Crippen LogP contribution >= 0.6 is 23.2 Å². The van der Waals surface area contributed by atoms with Crippen LogP contribution in [0.15, 0.2) is 34.3 Å². The first-order valence-corrected chi connectivity index (χ1v) is 5.43. The van der Waals surface area contributed by atoms with Gasteiger partial charge in [0.1, 0.15) is 10.1 Å². The number of cyclic esters (lactones) is 1. The molecule has 1 aromatic carbocycles. The van der Waals surface area contributed by atoms with Crippen molar-refractivity contribution < 1.29 is 9.53 Å². The molecule has 0 radical (unpaired) electrons. The number of aryl methyl sites for hydroxylation is 1. The first kappa shape index (κ1) is 11.3. The predicted octanol–water partition coefficient (Wildman–Crippen LogP) is 2.98. The molecule has 0 spiro atoms. The molecule has 0 aromatic heterocycles. The number of anilines is 1. The fraction of sp³-hybridized carbons (Fsp3) is 0.182. The molecule has 1 aliphatic heterocycles. The molecule has 1 N–H and O–H groups in total. The number of nitrogens with one attached hydrogen (secondary N) is 1. The molecule has 3 nitrogen and oxygen atoms in total. The summed E-state index contributed by atoms with van der Waals surface area (Å²) in [6, 6.07) is 7.63. The third-order valence-corrected chi connectivity index (χ3v) is 3.04. The number of esters is 1. The van der Waals surface area contributed by atoms with E-state index in [1.165, 1.54) is 0 Å². The summed E-state index contributed by atoms with van der Waals surface area (Å²) in [6.45, 7) is 1.99. The molecule has 84 valence electrons. The molecule has 1 unspecified atom stereocenters. The molecule has 1 aromatic rings. The van der Waals surface area contributed by atoms with Gasteiger partial charge in [-0.25, -0.2) is 4.79 Å². The van der Waals surface area contributed by atoms with E-state index in [0.29, 0.717) is 0 Å². The van der Waals surface area contributed by atoms with Crippen molar-refractivity contribution in [1.29, 1.82) is 0 Å². The summed E-state index contributed by atoms with van der Waals surface area (Å²) in [7, 11) is 0. The van der Waals surface area contributed by atoms with Crippen molar-refractivity contribution in [3.05, 3.63) is 39.9 Å². The van der Waals surface area contributed by atoms with Crippen molar-refractivity contribution >= 4 is 34.9 Å². The number of hydrogen-bond acceptors (Lipinski definition) is 3. The number of carbonyl (C=O) groups excluding carboxylic acids is 1. The third-order valence-electron chi connectivity index (χ3n) is 2.19. The first-order valence-electron chi connectivity index (χ1n) is 4.67. The van der Waals surface area contributed by atoms with Gasteiger partial charge in [-0.15, -0.1) is 0 Å². The molecular weight excluding hydrogens is 249 g/mol. The molecule has 5 heteroatoms. The van der Waals surface area contributed by atoms with Crippen molar-refractivity contribution in [2.45, 2.75) is 13.2 Å². The van der Waals surface area contributed by atoms with E-state index >= 15 is 0 Å². The maximum absolute atomic E-state index is 11.1. The minimum atomic E-state index is -0.690. The van der Waals surface area contributed by atoms with Crippen LogP contribution in [-0.4, -0.2) is 12.2 Å². The maximum Gasteiger partial charge on any atom is 0.353 e. The molecule has 0 amide bonds. The fourth-order valence-corrected chi connectivity index (χ4v) is 1.64. The summed E-state index contributed by atoms with van der Waals surface area (Å²) in [4.78, 5) is 11.1. The second-order valence-corrected chi connectivity index (χ2v) is 4.24. The van der Waals surface area contributed by atoms with Gasteiger partial charge in [-0.3, -0.25) is 0 Å². The maximum atomic E-state index is 11.1. The Balaban J connectivity index is 2.12. The quantitative estimate of drug-likeness (QED) is 0.829. The number of hydrogen-bond donors (Lipinski definition) is 1. The van der Waals surface area contributed by atoms with Crippen molar-refractivity contribution in [2.75, 3.05) is 5.32 Å². The Morgan fingerprint density at radius 3 is 2.38 bits per heavy atom. The van der Waals surface area contributed by atoms with Crippen molar-refractivity contribution in [3.63, 3.8) is 0 Å². The summed E-state index contributed by atoms with van der Waals surface area (Å²) in [5.41, 5.74) is 1.96. The lowest BCUT2D eigenvalue weighted by Gasteiger charge is -2.13. The smallest absolute Gasteiger partial charge is 0.353 e. The Morgan fingerprint density at radius 2 is 1.88 bits per heavy atom. The summed E-state index contributed by atoms with van der Waals surface area (Å²) < 4.78 is 4.93. The van der Waals surface area contributed by atoms with Gasteiger partial charge in [0, 0.05) is 5.69 Å². The summed E-state index contributed by atoms with van der Waals surface area (Å²) in [5, 5.41) is 3.08. The second kappa shape index (κ2) is 4.36. The summed E-state index contributed by atoms with van der Waals surface area (Å²) >= 11 is 11.5. The van der Waals surface area contributed by atoms with Crippen molar-refractivity contribution in [2.24, 2.45) is 0 Å². The average molecular weight is 258 g/mol. The van der Waals surface area contributed by atoms with Gasteiger partial charge in [-0.05, 0) is 19.1 Å². The molecule has 0 saturated carbocycles. The topological polar surface area (TPSA) is 38.3 Å². The van der Waals surface area contributed by atoms with Gasteiger partial charge in [0.15, 0.2) is 0 Å². The zero-order valence-electron chi connectivity index (χ0n) is 8.46. The minimum Gasteiger partial charge on any atom is -0.432 e. The first-order chi connectivity index (χ1) is 7.58. The molecule has 0 saturated heterocycles. The minimum absolute atomic E-state index is 0.0636. The van der Waals surface area contributed by atoms with Crippen LogP contribution in [-0.2, 0) is 9.53 Å². The van der Waals surface area contributed by atoms with Crippen LogP contribution in [0.2, 0.25) is 0 Å². The van der Waals surface area contributed by atoms with Crippen LogP contribution in [0.1, 0.15) is 5.56 Å². The van der Waals surface area contributed by atoms with Gasteiger partial charge < -0.3 is 10.1 Å². The highest BCUT2D eigenvalue weighted by molar-refractivity contribution is 6.48. The zero-order chi connectivity index (χ0) is 11.7. The standard InChI is InChI=1S/C11H9Cl2NO2/c1-6-2-4-7(5-3-6)14-10-8(12)9(13)11(15)16-10/h2-5,10,14H,1H3. The van der Waals surface area contributed by atoms with Crippen LogP contribution in [0.25, 0.3) is 0 Å². The normalized spacial score (nSPS) is 19.9. The van der Waals surface area contributed by atoms with Gasteiger partial charge >= 0.3 is 5.97 Å². The van der Waals surface area contributed by atoms with Crippen LogP contribution in [0.4, 0.5) is 5.69 Å². The molecule has 16 heavy (non-hydrogen) atoms. The SMILES string of the molecule is Cc1ccc(NC2OC(=O)C(Cl)=C2Cl)cc1. The van der Waals surface area contributed by atoms with Gasteiger partial charge in [0.2, 0.25) is 6.23 Å². The predicted molar refractivity (Wildman–Crippen MR) is 63.4 cm³/mol. The summed E-state index contributed by atoms with van der Waals surface area (Å²) in [6.07, 6.45) is -0.690. The lowest BCUT2D eigenvalue weighted by atomic mass is 10.2. The molecule has 1 atom stereocenters. The van der Waals surface area contributed by atoms with Gasteiger partial charge in [-0.1, -0.05) is 40.9 Å². The van der Waals surface area contributed by atoms with Gasteiger partial charge in [0.25, 0.3) is 0 Å². The highest BCUT2D eigenvalue weighted by Gasteiger charge is 2.31.